The molecule has 0 bridgehead atoms. The molecular weight excluding hydrogens is 1110 g/mol. The van der Waals surface area contributed by atoms with Gasteiger partial charge in [-0.1, -0.05) is 0 Å². The van der Waals surface area contributed by atoms with Crippen LogP contribution in [0.5, 0.6) is 46.0 Å². The summed E-state index contributed by atoms with van der Waals surface area (Å²) in [4.78, 5) is 46.7. The average molecular weight is 1150 g/mol. The molecule has 0 N–H and O–H groups in total. The molecule has 0 saturated carbocycles. The van der Waals surface area contributed by atoms with Crippen LogP contribution in [-0.2, 0) is 19.2 Å². The van der Waals surface area contributed by atoms with Crippen molar-refractivity contribution in [3.8, 4) is 46.0 Å². The zero-order chi connectivity index (χ0) is 39.9. The summed E-state index contributed by atoms with van der Waals surface area (Å²) >= 11 is -7.23. The van der Waals surface area contributed by atoms with Gasteiger partial charge in [-0.2, -0.15) is 0 Å². The minimum absolute atomic E-state index is 0.321. The van der Waals surface area contributed by atoms with Gasteiger partial charge in [-0.05, 0) is 0 Å². The summed E-state index contributed by atoms with van der Waals surface area (Å²) in [6.45, 7) is 13.7. The number of hydrogen-bond donors (Lipinski definition) is 0. The third-order valence-corrected chi connectivity index (χ3v) is 18.3. The molecule has 0 amide bonds. The molecular formula is C42H32Bi2O12. The molecule has 0 saturated heterocycles. The van der Waals surface area contributed by atoms with E-state index in [1.54, 1.807) is 97.1 Å². The summed E-state index contributed by atoms with van der Waals surface area (Å²) in [6.07, 6.45) is 4.28. The fourth-order valence-electron chi connectivity index (χ4n) is 4.23. The van der Waals surface area contributed by atoms with E-state index in [1.165, 1.54) is 0 Å². The van der Waals surface area contributed by atoms with Crippen molar-refractivity contribution in [1.29, 1.82) is 0 Å². The van der Waals surface area contributed by atoms with Crippen LogP contribution in [-0.4, -0.2) is 69.1 Å². The van der Waals surface area contributed by atoms with Gasteiger partial charge in [0.1, 0.15) is 0 Å². The van der Waals surface area contributed by atoms with E-state index in [9.17, 15) is 19.2 Å². The van der Waals surface area contributed by atoms with Crippen molar-refractivity contribution in [3.05, 3.63) is 172 Å². The van der Waals surface area contributed by atoms with E-state index < -0.39 is 69.1 Å². The SMILES string of the molecule is C=CC(=O)Oc1ccc([O][Bi]([O]c2ccc(OC(=O)C=C)cc2)[c]2cc[c]([Bi]([O]c3ccc(OC(=O)C=C)cc3)[O]c3ccc(OC(=O)C=C)cc3)cc2)cc1. The maximum absolute atomic E-state index is 11.7. The van der Waals surface area contributed by atoms with Crippen molar-refractivity contribution in [2.24, 2.45) is 0 Å². The molecule has 0 unspecified atom stereocenters. The molecule has 282 valence electrons. The third-order valence-electron chi connectivity index (χ3n) is 6.86. The molecule has 0 aliphatic rings. The van der Waals surface area contributed by atoms with Crippen molar-refractivity contribution < 1.29 is 49.4 Å². The Hall–Kier alpha value is -6.09. The molecule has 5 aromatic carbocycles. The Balaban J connectivity index is 1.42. The van der Waals surface area contributed by atoms with Crippen molar-refractivity contribution in [2.75, 3.05) is 0 Å². The molecule has 0 spiro atoms. The van der Waals surface area contributed by atoms with Crippen LogP contribution < -0.4 is 36.7 Å². The molecule has 56 heavy (non-hydrogen) atoms. The van der Waals surface area contributed by atoms with E-state index in [1.807, 2.05) is 24.3 Å². The van der Waals surface area contributed by atoms with E-state index in [-0.39, 0.29) is 0 Å². The zero-order valence-electron chi connectivity index (χ0n) is 29.5. The molecule has 0 heterocycles. The summed E-state index contributed by atoms with van der Waals surface area (Å²) < 4.78 is 48.3. The summed E-state index contributed by atoms with van der Waals surface area (Å²) in [7, 11) is 0. The normalized spacial score (nSPS) is 10.3. The zero-order valence-corrected chi connectivity index (χ0v) is 36.4. The molecule has 0 atom stereocenters. The Labute approximate surface area is 340 Å². The topological polar surface area (TPSA) is 142 Å². The molecule has 5 aromatic rings. The minimum atomic E-state index is -3.62. The van der Waals surface area contributed by atoms with Gasteiger partial charge < -0.3 is 0 Å². The second-order valence-corrected chi connectivity index (χ2v) is 21.6. The van der Waals surface area contributed by atoms with Crippen LogP contribution >= 0.6 is 0 Å². The molecule has 0 aliphatic heterocycles. The summed E-state index contributed by atoms with van der Waals surface area (Å²) in [6, 6.07) is 33.8. The van der Waals surface area contributed by atoms with E-state index in [2.05, 4.69) is 26.3 Å². The van der Waals surface area contributed by atoms with Crippen molar-refractivity contribution in [3.63, 3.8) is 0 Å². The number of hydrogen-bond acceptors (Lipinski definition) is 12. The monoisotopic (exact) mass is 1150 g/mol. The summed E-state index contributed by atoms with van der Waals surface area (Å²) in [5.74, 6) is 0.909. The van der Waals surface area contributed by atoms with Gasteiger partial charge in [-0.15, -0.1) is 0 Å². The quantitative estimate of drug-likeness (QED) is 0.0456. The van der Waals surface area contributed by atoms with Gasteiger partial charge in [0.25, 0.3) is 0 Å². The van der Waals surface area contributed by atoms with E-state index in [0.29, 0.717) is 46.0 Å². The first-order chi connectivity index (χ1) is 27.1. The number of rotatable bonds is 18. The number of esters is 4. The van der Waals surface area contributed by atoms with Crippen LogP contribution in [0.15, 0.2) is 172 Å². The Morgan fingerprint density at radius 1 is 0.321 bits per heavy atom. The fraction of sp³-hybridized carbons (Fsp3) is 0. The number of benzene rings is 5. The van der Waals surface area contributed by atoms with Crippen LogP contribution in [0.25, 0.3) is 0 Å². The standard InChI is InChI=1S/4C9H8O3.C6H4.2Bi/c4*1-2-9(11)12-8-5-3-7(10)4-6-8;1-2-4-6-5-3-1;;/h4*2-6,10H,1H2;1-2,5-6H;;/q;;;;;2*+2/p-4. The molecule has 0 fully saturated rings. The Bertz CT molecular complexity index is 1890. The Kier molecular flexibility index (Phi) is 15.1. The summed E-state index contributed by atoms with van der Waals surface area (Å²) in [5.41, 5.74) is 0. The van der Waals surface area contributed by atoms with Crippen LogP contribution in [0.1, 0.15) is 0 Å². The predicted molar refractivity (Wildman–Crippen MR) is 209 cm³/mol. The molecule has 12 nitrogen and oxygen atoms in total. The van der Waals surface area contributed by atoms with Gasteiger partial charge in [0, 0.05) is 0 Å². The molecule has 0 aliphatic carbocycles. The molecule has 5 rings (SSSR count). The van der Waals surface area contributed by atoms with Crippen LogP contribution in [0.4, 0.5) is 0 Å². The van der Waals surface area contributed by atoms with Gasteiger partial charge >= 0.3 is 343 Å². The molecule has 0 aromatic heterocycles. The van der Waals surface area contributed by atoms with Crippen molar-refractivity contribution in [1.82, 2.24) is 0 Å². The van der Waals surface area contributed by atoms with Gasteiger partial charge in [0.05, 0.1) is 0 Å². The first kappa shape index (κ1) is 41.1. The average Bonchev–Trinajstić information content (AvgIpc) is 3.22. The van der Waals surface area contributed by atoms with Crippen molar-refractivity contribution in [2.45, 2.75) is 0 Å². The summed E-state index contributed by atoms with van der Waals surface area (Å²) in [5, 5.41) is 0. The number of carbonyl (C=O) groups excluding carboxylic acids is 4. The Morgan fingerprint density at radius 2 is 0.500 bits per heavy atom. The second kappa shape index (κ2) is 20.5. The molecule has 0 radical (unpaired) electrons. The molecule has 14 heteroatoms. The van der Waals surface area contributed by atoms with Gasteiger partial charge in [-0.3, -0.25) is 0 Å². The van der Waals surface area contributed by atoms with Gasteiger partial charge in [0.15, 0.2) is 0 Å². The van der Waals surface area contributed by atoms with Crippen LogP contribution in [0, 0.1) is 0 Å². The van der Waals surface area contributed by atoms with Crippen LogP contribution in [0.3, 0.4) is 0 Å². The third kappa shape index (κ3) is 12.5. The van der Waals surface area contributed by atoms with Gasteiger partial charge in [0.2, 0.25) is 0 Å². The predicted octanol–water partition coefficient (Wildman–Crippen LogP) is 5.76. The van der Waals surface area contributed by atoms with E-state index >= 15 is 0 Å². The first-order valence-corrected chi connectivity index (χ1v) is 25.5. The fourth-order valence-corrected chi connectivity index (χ4v) is 14.1. The second-order valence-electron chi connectivity index (χ2n) is 10.8. The maximum atomic E-state index is 11.7. The van der Waals surface area contributed by atoms with E-state index in [0.717, 1.165) is 30.8 Å². The van der Waals surface area contributed by atoms with Crippen LogP contribution in [0.2, 0.25) is 0 Å². The number of ether oxygens (including phenoxy) is 4. The Morgan fingerprint density at radius 3 is 0.679 bits per heavy atom. The number of carbonyl (C=O) groups is 4. The van der Waals surface area contributed by atoms with Gasteiger partial charge in [-0.25, -0.2) is 0 Å². The van der Waals surface area contributed by atoms with Crippen molar-refractivity contribution >= 4 is 75.7 Å². The van der Waals surface area contributed by atoms with E-state index in [4.69, 9.17) is 30.2 Å². The first-order valence-electron chi connectivity index (χ1n) is 16.3.